The van der Waals surface area contributed by atoms with Crippen LogP contribution in [0.2, 0.25) is 5.02 Å². The lowest BCUT2D eigenvalue weighted by Gasteiger charge is -2.24. The lowest BCUT2D eigenvalue weighted by atomic mass is 10.0. The van der Waals surface area contributed by atoms with Gasteiger partial charge < -0.3 is 9.88 Å². The quantitative estimate of drug-likeness (QED) is 0.725. The molecule has 3 aromatic rings. The Morgan fingerprint density at radius 1 is 1.14 bits per heavy atom. The van der Waals surface area contributed by atoms with E-state index in [4.69, 9.17) is 11.6 Å². The van der Waals surface area contributed by atoms with Crippen LogP contribution in [0.3, 0.4) is 0 Å². The first-order valence-electron chi connectivity index (χ1n) is 7.57. The van der Waals surface area contributed by atoms with E-state index in [9.17, 15) is 4.39 Å². The van der Waals surface area contributed by atoms with E-state index in [1.165, 1.54) is 33.1 Å². The van der Waals surface area contributed by atoms with Gasteiger partial charge in [-0.2, -0.15) is 0 Å². The number of benzene rings is 2. The zero-order valence-electron chi connectivity index (χ0n) is 12.1. The summed E-state index contributed by atoms with van der Waals surface area (Å²) in [5, 5.41) is 1.84. The maximum atomic E-state index is 14.0. The Labute approximate surface area is 133 Å². The molecule has 1 aliphatic rings. The molecule has 1 aromatic heterocycles. The Morgan fingerprint density at radius 2 is 2.00 bits per heavy atom. The molecule has 1 atom stereocenters. The molecule has 2 N–H and O–H groups in total. The number of para-hydroxylation sites is 1. The minimum absolute atomic E-state index is 0.206. The topological polar surface area (TPSA) is 20.2 Å². The van der Waals surface area contributed by atoms with Crippen LogP contribution in [0.15, 0.2) is 42.5 Å². The number of aromatic amines is 1. The van der Waals surface area contributed by atoms with E-state index in [0.717, 1.165) is 19.5 Å². The molecule has 0 bridgehead atoms. The standard InChI is InChI=1S/C18H16ClFN2/c19-15-5-3-6-16(20)14(15)10-22-9-8-13-12-4-1-2-7-17(12)21-18(13)11-22/h1-7,21H,8-11H2/p+1. The lowest BCUT2D eigenvalue weighted by molar-refractivity contribution is -0.929. The zero-order valence-corrected chi connectivity index (χ0v) is 12.9. The van der Waals surface area contributed by atoms with Gasteiger partial charge in [0.15, 0.2) is 0 Å². The van der Waals surface area contributed by atoms with Crippen molar-refractivity contribution >= 4 is 22.5 Å². The van der Waals surface area contributed by atoms with Crippen LogP contribution in [0.25, 0.3) is 10.9 Å². The highest BCUT2D eigenvalue weighted by Gasteiger charge is 2.24. The molecule has 4 heteroatoms. The summed E-state index contributed by atoms with van der Waals surface area (Å²) in [6.45, 7) is 2.51. The monoisotopic (exact) mass is 315 g/mol. The predicted molar refractivity (Wildman–Crippen MR) is 86.7 cm³/mol. The molecule has 1 unspecified atom stereocenters. The van der Waals surface area contributed by atoms with Gasteiger partial charge in [-0.25, -0.2) is 4.39 Å². The third kappa shape index (κ3) is 2.31. The number of nitrogens with one attached hydrogen (secondary N) is 2. The van der Waals surface area contributed by atoms with E-state index < -0.39 is 0 Å². The van der Waals surface area contributed by atoms with Crippen LogP contribution in [0.1, 0.15) is 16.8 Å². The maximum Gasteiger partial charge on any atom is 0.133 e. The summed E-state index contributed by atoms with van der Waals surface area (Å²) in [7, 11) is 0. The van der Waals surface area contributed by atoms with Crippen molar-refractivity contribution in [1.82, 2.24) is 4.98 Å². The molecule has 0 saturated heterocycles. The van der Waals surface area contributed by atoms with Crippen LogP contribution in [0.5, 0.6) is 0 Å². The molecule has 1 aliphatic heterocycles. The zero-order chi connectivity index (χ0) is 15.1. The third-order valence-electron chi connectivity index (χ3n) is 4.55. The fraction of sp³-hybridized carbons (Fsp3) is 0.222. The van der Waals surface area contributed by atoms with Crippen molar-refractivity contribution in [3.05, 3.63) is 70.1 Å². The van der Waals surface area contributed by atoms with E-state index in [-0.39, 0.29) is 5.82 Å². The average molecular weight is 316 g/mol. The van der Waals surface area contributed by atoms with E-state index in [1.807, 2.05) is 6.07 Å². The van der Waals surface area contributed by atoms with Crippen molar-refractivity contribution in [2.24, 2.45) is 0 Å². The van der Waals surface area contributed by atoms with Crippen LogP contribution in [-0.4, -0.2) is 11.5 Å². The van der Waals surface area contributed by atoms with Gasteiger partial charge in [-0.15, -0.1) is 0 Å². The fourth-order valence-electron chi connectivity index (χ4n) is 3.43. The van der Waals surface area contributed by atoms with Crippen LogP contribution in [0, 0.1) is 5.82 Å². The van der Waals surface area contributed by atoms with Gasteiger partial charge in [-0.1, -0.05) is 35.9 Å². The molecular formula is C18H17ClFN2+. The molecule has 0 fully saturated rings. The van der Waals surface area contributed by atoms with Crippen LogP contribution >= 0.6 is 11.6 Å². The highest BCUT2D eigenvalue weighted by Crippen LogP contribution is 2.24. The van der Waals surface area contributed by atoms with Crippen molar-refractivity contribution < 1.29 is 9.29 Å². The average Bonchev–Trinajstić information content (AvgIpc) is 2.89. The summed E-state index contributed by atoms with van der Waals surface area (Å²) < 4.78 is 14.0. The number of H-pyrrole nitrogens is 1. The normalized spacial score (nSPS) is 17.6. The van der Waals surface area contributed by atoms with Gasteiger partial charge in [0.2, 0.25) is 0 Å². The first-order chi connectivity index (χ1) is 10.7. The summed E-state index contributed by atoms with van der Waals surface area (Å²) in [6, 6.07) is 13.3. The number of hydrogen-bond donors (Lipinski definition) is 2. The van der Waals surface area contributed by atoms with Gasteiger partial charge in [-0.05, 0) is 23.8 Å². The maximum absolute atomic E-state index is 14.0. The largest absolute Gasteiger partial charge is 0.354 e. The van der Waals surface area contributed by atoms with Gasteiger partial charge in [0.25, 0.3) is 0 Å². The molecule has 2 aromatic carbocycles. The Hall–Kier alpha value is -1.84. The second-order valence-corrected chi connectivity index (χ2v) is 6.34. The summed E-state index contributed by atoms with van der Waals surface area (Å²) in [5.41, 5.74) is 4.50. The molecule has 0 aliphatic carbocycles. The Bertz CT molecular complexity index is 820. The Morgan fingerprint density at radius 3 is 2.86 bits per heavy atom. The first kappa shape index (κ1) is 13.8. The molecule has 112 valence electrons. The molecule has 0 radical (unpaired) electrons. The third-order valence-corrected chi connectivity index (χ3v) is 4.90. The molecular weight excluding hydrogens is 299 g/mol. The minimum Gasteiger partial charge on any atom is -0.354 e. The van der Waals surface area contributed by atoms with Gasteiger partial charge in [-0.3, -0.25) is 0 Å². The van der Waals surface area contributed by atoms with Crippen molar-refractivity contribution in [2.45, 2.75) is 19.5 Å². The molecule has 2 nitrogen and oxygen atoms in total. The molecule has 2 heterocycles. The van der Waals surface area contributed by atoms with Crippen LogP contribution in [-0.2, 0) is 19.5 Å². The van der Waals surface area contributed by atoms with Crippen molar-refractivity contribution in [2.75, 3.05) is 6.54 Å². The summed E-state index contributed by atoms with van der Waals surface area (Å²) in [6.07, 6.45) is 1.01. The number of fused-ring (bicyclic) bond motifs is 3. The number of quaternary nitrogens is 1. The van der Waals surface area contributed by atoms with E-state index in [1.54, 1.807) is 12.1 Å². The van der Waals surface area contributed by atoms with Crippen molar-refractivity contribution in [3.63, 3.8) is 0 Å². The second kappa shape index (κ2) is 5.41. The van der Waals surface area contributed by atoms with E-state index in [2.05, 4.69) is 23.2 Å². The number of aromatic nitrogens is 1. The van der Waals surface area contributed by atoms with Crippen LogP contribution < -0.4 is 4.90 Å². The molecule has 0 saturated carbocycles. The number of hydrogen-bond acceptors (Lipinski definition) is 0. The number of rotatable bonds is 2. The number of halogens is 2. The lowest BCUT2D eigenvalue weighted by Crippen LogP contribution is -3.10. The van der Waals surface area contributed by atoms with Crippen molar-refractivity contribution in [3.8, 4) is 0 Å². The highest BCUT2D eigenvalue weighted by molar-refractivity contribution is 6.31. The fourth-order valence-corrected chi connectivity index (χ4v) is 3.66. The minimum atomic E-state index is -0.206. The van der Waals surface area contributed by atoms with Gasteiger partial charge >= 0.3 is 0 Å². The van der Waals surface area contributed by atoms with Crippen molar-refractivity contribution in [1.29, 1.82) is 0 Å². The summed E-state index contributed by atoms with van der Waals surface area (Å²) in [5.74, 6) is -0.206. The van der Waals surface area contributed by atoms with Gasteiger partial charge in [0.1, 0.15) is 18.9 Å². The smallest absolute Gasteiger partial charge is 0.133 e. The van der Waals surface area contributed by atoms with Crippen LogP contribution in [0.4, 0.5) is 4.39 Å². The SMILES string of the molecule is Fc1cccc(Cl)c1C[NH+]1CCc2c([nH]c3ccccc23)C1. The molecule has 22 heavy (non-hydrogen) atoms. The predicted octanol–water partition coefficient (Wildman–Crippen LogP) is 3.10. The second-order valence-electron chi connectivity index (χ2n) is 5.93. The first-order valence-corrected chi connectivity index (χ1v) is 7.95. The Kier molecular flexibility index (Phi) is 3.40. The summed E-state index contributed by atoms with van der Waals surface area (Å²) in [4.78, 5) is 4.85. The van der Waals surface area contributed by atoms with E-state index >= 15 is 0 Å². The Balaban J connectivity index is 1.62. The van der Waals surface area contributed by atoms with Gasteiger partial charge in [0, 0.05) is 17.3 Å². The molecule has 4 rings (SSSR count). The molecule has 0 amide bonds. The summed E-state index contributed by atoms with van der Waals surface area (Å²) >= 11 is 6.15. The highest BCUT2D eigenvalue weighted by atomic mass is 35.5. The van der Waals surface area contributed by atoms with E-state index in [0.29, 0.717) is 17.1 Å². The molecule has 0 spiro atoms. The van der Waals surface area contributed by atoms with Gasteiger partial charge in [0.05, 0.1) is 22.8 Å².